The van der Waals surface area contributed by atoms with E-state index in [0.717, 1.165) is 27.8 Å². The number of benzene rings is 2. The number of hydrogen-bond donors (Lipinski definition) is 0. The standard InChI is InChI=1S/C20H13NOS/c1-12-11-15-18(23-12)9-8-17-19(15)14-6-4-5-13(20(14)22-17)16-7-2-3-10-21-16/h2-11H,1H3. The molecule has 110 valence electrons. The van der Waals surface area contributed by atoms with Crippen molar-refractivity contribution in [3.8, 4) is 11.3 Å². The van der Waals surface area contributed by atoms with E-state index in [9.17, 15) is 0 Å². The molecular formula is C20H13NOS. The highest BCUT2D eigenvalue weighted by molar-refractivity contribution is 7.19. The van der Waals surface area contributed by atoms with E-state index in [2.05, 4.69) is 48.3 Å². The Hall–Kier alpha value is -2.65. The maximum atomic E-state index is 6.22. The highest BCUT2D eigenvalue weighted by atomic mass is 32.1. The molecule has 0 unspecified atom stereocenters. The third-order valence-electron chi connectivity index (χ3n) is 4.22. The zero-order valence-electron chi connectivity index (χ0n) is 12.5. The molecule has 0 radical (unpaired) electrons. The summed E-state index contributed by atoms with van der Waals surface area (Å²) in [6.07, 6.45) is 1.82. The largest absolute Gasteiger partial charge is 0.455 e. The maximum Gasteiger partial charge on any atom is 0.144 e. The van der Waals surface area contributed by atoms with Gasteiger partial charge in [0.25, 0.3) is 0 Å². The van der Waals surface area contributed by atoms with Crippen LogP contribution in [0.2, 0.25) is 0 Å². The number of nitrogens with zero attached hydrogens (tertiary/aromatic N) is 1. The minimum Gasteiger partial charge on any atom is -0.455 e. The number of aromatic nitrogens is 1. The van der Waals surface area contributed by atoms with Gasteiger partial charge in [0.05, 0.1) is 5.69 Å². The zero-order valence-corrected chi connectivity index (χ0v) is 13.4. The molecule has 0 amide bonds. The number of hydrogen-bond acceptors (Lipinski definition) is 3. The molecule has 0 bridgehead atoms. The van der Waals surface area contributed by atoms with E-state index in [1.165, 1.54) is 20.3 Å². The second-order valence-corrected chi connectivity index (χ2v) is 6.99. The Balaban J connectivity index is 1.96. The second-order valence-electron chi connectivity index (χ2n) is 5.71. The van der Waals surface area contributed by atoms with Crippen LogP contribution in [0.15, 0.2) is 65.2 Å². The Bertz CT molecular complexity index is 1170. The molecule has 0 N–H and O–H groups in total. The van der Waals surface area contributed by atoms with Gasteiger partial charge >= 0.3 is 0 Å². The summed E-state index contributed by atoms with van der Waals surface area (Å²) in [4.78, 5) is 5.80. The Morgan fingerprint density at radius 2 is 1.91 bits per heavy atom. The van der Waals surface area contributed by atoms with Crippen molar-refractivity contribution in [2.24, 2.45) is 0 Å². The van der Waals surface area contributed by atoms with Gasteiger partial charge < -0.3 is 4.42 Å². The van der Waals surface area contributed by atoms with Crippen molar-refractivity contribution < 1.29 is 4.42 Å². The van der Waals surface area contributed by atoms with Crippen LogP contribution in [0.1, 0.15) is 4.88 Å². The van der Waals surface area contributed by atoms with Crippen molar-refractivity contribution in [1.29, 1.82) is 0 Å². The molecule has 0 aliphatic rings. The first-order valence-electron chi connectivity index (χ1n) is 7.57. The number of para-hydroxylation sites is 1. The van der Waals surface area contributed by atoms with Crippen molar-refractivity contribution >= 4 is 43.4 Å². The molecule has 0 spiro atoms. The first-order valence-corrected chi connectivity index (χ1v) is 8.39. The highest BCUT2D eigenvalue weighted by Crippen LogP contribution is 2.40. The van der Waals surface area contributed by atoms with Gasteiger partial charge in [-0.3, -0.25) is 4.98 Å². The summed E-state index contributed by atoms with van der Waals surface area (Å²) in [7, 11) is 0. The number of furan rings is 1. The molecule has 3 heteroatoms. The van der Waals surface area contributed by atoms with Gasteiger partial charge in [-0.15, -0.1) is 11.3 Å². The normalized spacial score (nSPS) is 11.7. The maximum absolute atomic E-state index is 6.22. The van der Waals surface area contributed by atoms with Crippen LogP contribution < -0.4 is 0 Å². The van der Waals surface area contributed by atoms with Crippen molar-refractivity contribution in [2.45, 2.75) is 6.92 Å². The van der Waals surface area contributed by atoms with E-state index in [4.69, 9.17) is 4.42 Å². The van der Waals surface area contributed by atoms with E-state index >= 15 is 0 Å². The van der Waals surface area contributed by atoms with Crippen LogP contribution in [0.25, 0.3) is 43.3 Å². The van der Waals surface area contributed by atoms with Gasteiger partial charge in [0.1, 0.15) is 11.2 Å². The Morgan fingerprint density at radius 3 is 2.78 bits per heavy atom. The predicted octanol–water partition coefficient (Wildman–Crippen LogP) is 6.17. The fourth-order valence-corrected chi connectivity index (χ4v) is 4.19. The molecule has 0 saturated heterocycles. The number of aryl methyl sites for hydroxylation is 1. The van der Waals surface area contributed by atoms with Crippen molar-refractivity contribution in [1.82, 2.24) is 4.98 Å². The van der Waals surface area contributed by atoms with Crippen LogP contribution in [-0.2, 0) is 0 Å². The summed E-state index contributed by atoms with van der Waals surface area (Å²) in [5.74, 6) is 0. The lowest BCUT2D eigenvalue weighted by atomic mass is 10.0. The molecule has 0 atom stereocenters. The molecule has 5 aromatic rings. The van der Waals surface area contributed by atoms with Gasteiger partial charge in [-0.25, -0.2) is 0 Å². The number of pyridine rings is 1. The molecule has 0 aliphatic heterocycles. The quantitative estimate of drug-likeness (QED) is 0.369. The van der Waals surface area contributed by atoms with Crippen LogP contribution >= 0.6 is 11.3 Å². The van der Waals surface area contributed by atoms with Crippen LogP contribution in [0.5, 0.6) is 0 Å². The number of rotatable bonds is 1. The first-order chi connectivity index (χ1) is 11.3. The molecule has 0 fully saturated rings. The molecule has 3 heterocycles. The summed E-state index contributed by atoms with van der Waals surface area (Å²) in [6, 6.07) is 18.7. The van der Waals surface area contributed by atoms with Crippen molar-refractivity contribution in [3.05, 3.63) is 65.7 Å². The smallest absolute Gasteiger partial charge is 0.144 e. The van der Waals surface area contributed by atoms with E-state index in [1.807, 2.05) is 35.7 Å². The summed E-state index contributed by atoms with van der Waals surface area (Å²) in [6.45, 7) is 2.15. The average molecular weight is 315 g/mol. The second kappa shape index (κ2) is 4.67. The summed E-state index contributed by atoms with van der Waals surface area (Å²) >= 11 is 1.83. The van der Waals surface area contributed by atoms with Crippen molar-refractivity contribution in [2.75, 3.05) is 0 Å². The summed E-state index contributed by atoms with van der Waals surface area (Å²) in [5, 5.41) is 3.65. The van der Waals surface area contributed by atoms with Gasteiger partial charge in [-0.05, 0) is 43.3 Å². The van der Waals surface area contributed by atoms with Crippen LogP contribution in [0, 0.1) is 6.92 Å². The molecule has 0 aliphatic carbocycles. The highest BCUT2D eigenvalue weighted by Gasteiger charge is 2.15. The molecule has 23 heavy (non-hydrogen) atoms. The Kier molecular flexibility index (Phi) is 2.61. The molecule has 2 aromatic carbocycles. The lowest BCUT2D eigenvalue weighted by Gasteiger charge is -2.00. The predicted molar refractivity (Wildman–Crippen MR) is 97.1 cm³/mol. The third-order valence-corrected chi connectivity index (χ3v) is 5.24. The SMILES string of the molecule is Cc1cc2c(ccc3oc4c(-c5ccccn5)cccc4c32)s1. The molecule has 3 aromatic heterocycles. The van der Waals surface area contributed by atoms with E-state index in [0.29, 0.717) is 0 Å². The number of fused-ring (bicyclic) bond motifs is 5. The van der Waals surface area contributed by atoms with Gasteiger partial charge in [0.15, 0.2) is 0 Å². The van der Waals surface area contributed by atoms with Crippen LogP contribution in [-0.4, -0.2) is 4.98 Å². The zero-order chi connectivity index (χ0) is 15.4. The lowest BCUT2D eigenvalue weighted by Crippen LogP contribution is -1.82. The minimum atomic E-state index is 0.914. The Morgan fingerprint density at radius 1 is 0.957 bits per heavy atom. The topological polar surface area (TPSA) is 26.0 Å². The number of thiophene rings is 1. The van der Waals surface area contributed by atoms with Crippen molar-refractivity contribution in [3.63, 3.8) is 0 Å². The minimum absolute atomic E-state index is 0.914. The summed E-state index contributed by atoms with van der Waals surface area (Å²) in [5.41, 5.74) is 3.83. The van der Waals surface area contributed by atoms with E-state index in [1.54, 1.807) is 0 Å². The molecule has 0 saturated carbocycles. The molecule has 5 rings (SSSR count). The fraction of sp³-hybridized carbons (Fsp3) is 0.0500. The monoisotopic (exact) mass is 315 g/mol. The van der Waals surface area contributed by atoms with Gasteiger partial charge in [-0.2, -0.15) is 0 Å². The van der Waals surface area contributed by atoms with Crippen LogP contribution in [0.4, 0.5) is 0 Å². The van der Waals surface area contributed by atoms with Gasteiger partial charge in [0, 0.05) is 37.5 Å². The molecular weight excluding hydrogens is 302 g/mol. The third kappa shape index (κ3) is 1.83. The first kappa shape index (κ1) is 12.9. The average Bonchev–Trinajstić information content (AvgIpc) is 3.14. The Labute approximate surface area is 137 Å². The molecule has 2 nitrogen and oxygen atoms in total. The van der Waals surface area contributed by atoms with E-state index < -0.39 is 0 Å². The van der Waals surface area contributed by atoms with Crippen LogP contribution in [0.3, 0.4) is 0 Å². The lowest BCUT2D eigenvalue weighted by molar-refractivity contribution is 0.670. The summed E-state index contributed by atoms with van der Waals surface area (Å²) < 4.78 is 7.53. The fourth-order valence-electron chi connectivity index (χ4n) is 3.26. The van der Waals surface area contributed by atoms with E-state index in [-0.39, 0.29) is 0 Å². The van der Waals surface area contributed by atoms with Gasteiger partial charge in [-0.1, -0.05) is 18.2 Å². The van der Waals surface area contributed by atoms with Gasteiger partial charge in [0.2, 0.25) is 0 Å².